The van der Waals surface area contributed by atoms with Crippen LogP contribution in [0.15, 0.2) is 42.5 Å². The number of hydrogen-bond donors (Lipinski definition) is 2. The smallest absolute Gasteiger partial charge is 0.274 e. The molecule has 28 heavy (non-hydrogen) atoms. The third kappa shape index (κ3) is 4.31. The van der Waals surface area contributed by atoms with Gasteiger partial charge in [-0.05, 0) is 49.6 Å². The van der Waals surface area contributed by atoms with E-state index < -0.39 is 11.6 Å². The summed E-state index contributed by atoms with van der Waals surface area (Å²) < 4.78 is 26.5. The Morgan fingerprint density at radius 3 is 2.54 bits per heavy atom. The fraction of sp³-hybridized carbons (Fsp3) is 0.190. The first-order chi connectivity index (χ1) is 13.4. The van der Waals surface area contributed by atoms with E-state index in [2.05, 4.69) is 20.6 Å². The molecule has 5 nitrogen and oxygen atoms in total. The predicted molar refractivity (Wildman–Crippen MR) is 105 cm³/mol. The number of hydrogen-bond acceptors (Lipinski definition) is 4. The van der Waals surface area contributed by atoms with Crippen LogP contribution in [0.1, 0.15) is 34.2 Å². The quantitative estimate of drug-likeness (QED) is 0.657. The SMILES string of the molecule is CCc1cccc(C)c1NC(=O)c1cc(C)nc(Nc2ccc(F)c(F)c2)n1. The fourth-order valence-corrected chi connectivity index (χ4v) is 2.82. The lowest BCUT2D eigenvalue weighted by molar-refractivity contribution is 0.102. The molecule has 0 atom stereocenters. The molecular formula is C21H20F2N4O. The normalized spacial score (nSPS) is 10.6. The molecule has 0 bridgehead atoms. The van der Waals surface area contributed by atoms with Crippen LogP contribution in [0.5, 0.6) is 0 Å². The summed E-state index contributed by atoms with van der Waals surface area (Å²) in [4.78, 5) is 21.2. The molecule has 3 aromatic rings. The van der Waals surface area contributed by atoms with Crippen LogP contribution in [0.4, 0.5) is 26.1 Å². The molecule has 0 aliphatic rings. The molecule has 3 rings (SSSR count). The van der Waals surface area contributed by atoms with Gasteiger partial charge in [0.1, 0.15) is 5.69 Å². The number of carbonyl (C=O) groups is 1. The Morgan fingerprint density at radius 1 is 1.04 bits per heavy atom. The molecule has 2 N–H and O–H groups in total. The van der Waals surface area contributed by atoms with Gasteiger partial charge in [0.05, 0.1) is 0 Å². The highest BCUT2D eigenvalue weighted by Gasteiger charge is 2.14. The minimum atomic E-state index is -0.984. The average Bonchev–Trinajstić information content (AvgIpc) is 2.65. The van der Waals surface area contributed by atoms with E-state index in [1.165, 1.54) is 6.07 Å². The average molecular weight is 382 g/mol. The van der Waals surface area contributed by atoms with Crippen LogP contribution in [0, 0.1) is 25.5 Å². The van der Waals surface area contributed by atoms with Crippen molar-refractivity contribution in [3.05, 3.63) is 76.6 Å². The number of para-hydroxylation sites is 1. The fourth-order valence-electron chi connectivity index (χ4n) is 2.82. The number of halogens is 2. The van der Waals surface area contributed by atoms with E-state index in [-0.39, 0.29) is 23.2 Å². The molecule has 0 saturated heterocycles. The summed E-state index contributed by atoms with van der Waals surface area (Å²) in [6, 6.07) is 10.8. The molecule has 7 heteroatoms. The van der Waals surface area contributed by atoms with Crippen molar-refractivity contribution in [3.63, 3.8) is 0 Å². The first kappa shape index (κ1) is 19.4. The topological polar surface area (TPSA) is 66.9 Å². The Morgan fingerprint density at radius 2 is 1.82 bits per heavy atom. The molecule has 1 heterocycles. The molecule has 0 unspecified atom stereocenters. The van der Waals surface area contributed by atoms with Crippen molar-refractivity contribution in [2.75, 3.05) is 10.6 Å². The zero-order chi connectivity index (χ0) is 20.3. The molecule has 0 radical (unpaired) electrons. The van der Waals surface area contributed by atoms with E-state index in [0.29, 0.717) is 5.69 Å². The third-order valence-electron chi connectivity index (χ3n) is 4.24. The van der Waals surface area contributed by atoms with Gasteiger partial charge in [-0.2, -0.15) is 0 Å². The van der Waals surface area contributed by atoms with Gasteiger partial charge in [-0.1, -0.05) is 25.1 Å². The number of anilines is 3. The standard InChI is InChI=1S/C21H20F2N4O/c1-4-14-7-5-6-12(2)19(14)27-20(28)18-10-13(3)24-21(26-18)25-15-8-9-16(22)17(23)11-15/h5-11H,4H2,1-3H3,(H,27,28)(H,24,25,26). The van der Waals surface area contributed by atoms with Crippen LogP contribution in [-0.2, 0) is 6.42 Å². The Kier molecular flexibility index (Phi) is 5.63. The second kappa shape index (κ2) is 8.12. The van der Waals surface area contributed by atoms with E-state index in [9.17, 15) is 13.6 Å². The summed E-state index contributed by atoms with van der Waals surface area (Å²) in [7, 11) is 0. The van der Waals surface area contributed by atoms with Crippen molar-refractivity contribution in [1.82, 2.24) is 9.97 Å². The van der Waals surface area contributed by atoms with Crippen LogP contribution in [0.3, 0.4) is 0 Å². The van der Waals surface area contributed by atoms with Gasteiger partial charge >= 0.3 is 0 Å². The maximum atomic E-state index is 13.4. The van der Waals surface area contributed by atoms with Crippen LogP contribution >= 0.6 is 0 Å². The van der Waals surface area contributed by atoms with Crippen molar-refractivity contribution in [3.8, 4) is 0 Å². The van der Waals surface area contributed by atoms with E-state index >= 15 is 0 Å². The monoisotopic (exact) mass is 382 g/mol. The summed E-state index contributed by atoms with van der Waals surface area (Å²) in [6.45, 7) is 5.67. The number of rotatable bonds is 5. The van der Waals surface area contributed by atoms with Crippen molar-refractivity contribution in [2.45, 2.75) is 27.2 Å². The Bertz CT molecular complexity index is 1040. The number of nitrogens with zero attached hydrogens (tertiary/aromatic N) is 2. The van der Waals surface area contributed by atoms with Gasteiger partial charge in [-0.15, -0.1) is 0 Å². The van der Waals surface area contributed by atoms with Crippen molar-refractivity contribution in [2.24, 2.45) is 0 Å². The lowest BCUT2D eigenvalue weighted by Gasteiger charge is -2.13. The molecule has 0 aliphatic heterocycles. The highest BCUT2D eigenvalue weighted by Crippen LogP contribution is 2.22. The predicted octanol–water partition coefficient (Wildman–Crippen LogP) is 4.93. The van der Waals surface area contributed by atoms with Crippen LogP contribution in [0.2, 0.25) is 0 Å². The van der Waals surface area contributed by atoms with E-state index in [1.54, 1.807) is 13.0 Å². The number of carbonyl (C=O) groups excluding carboxylic acids is 1. The maximum Gasteiger partial charge on any atom is 0.274 e. The van der Waals surface area contributed by atoms with Gasteiger partial charge in [-0.25, -0.2) is 18.7 Å². The van der Waals surface area contributed by atoms with Gasteiger partial charge in [0.2, 0.25) is 5.95 Å². The second-order valence-electron chi connectivity index (χ2n) is 6.39. The van der Waals surface area contributed by atoms with Gasteiger partial charge in [0, 0.05) is 23.1 Å². The van der Waals surface area contributed by atoms with Crippen molar-refractivity contribution < 1.29 is 13.6 Å². The first-order valence-electron chi connectivity index (χ1n) is 8.85. The number of nitrogens with one attached hydrogen (secondary N) is 2. The van der Waals surface area contributed by atoms with Gasteiger partial charge < -0.3 is 10.6 Å². The molecule has 0 saturated carbocycles. The van der Waals surface area contributed by atoms with Gasteiger partial charge in [-0.3, -0.25) is 4.79 Å². The Hall–Kier alpha value is -3.35. The summed E-state index contributed by atoms with van der Waals surface area (Å²) in [5.41, 5.74) is 3.76. The highest BCUT2D eigenvalue weighted by molar-refractivity contribution is 6.04. The summed E-state index contributed by atoms with van der Waals surface area (Å²) >= 11 is 0. The van der Waals surface area contributed by atoms with Crippen LogP contribution in [0.25, 0.3) is 0 Å². The lowest BCUT2D eigenvalue weighted by Crippen LogP contribution is -2.17. The maximum absolute atomic E-state index is 13.4. The Balaban J connectivity index is 1.87. The second-order valence-corrected chi connectivity index (χ2v) is 6.39. The molecular weight excluding hydrogens is 362 g/mol. The minimum Gasteiger partial charge on any atom is -0.324 e. The zero-order valence-corrected chi connectivity index (χ0v) is 15.8. The number of aryl methyl sites for hydroxylation is 3. The number of amides is 1. The lowest BCUT2D eigenvalue weighted by atomic mass is 10.1. The summed E-state index contributed by atoms with van der Waals surface area (Å²) in [6.07, 6.45) is 0.781. The van der Waals surface area contributed by atoms with Gasteiger partial charge in [0.15, 0.2) is 11.6 Å². The summed E-state index contributed by atoms with van der Waals surface area (Å²) in [5, 5.41) is 5.71. The zero-order valence-electron chi connectivity index (χ0n) is 15.8. The number of benzene rings is 2. The molecule has 2 aromatic carbocycles. The van der Waals surface area contributed by atoms with E-state index in [4.69, 9.17) is 0 Å². The van der Waals surface area contributed by atoms with Gasteiger partial charge in [0.25, 0.3) is 5.91 Å². The first-order valence-corrected chi connectivity index (χ1v) is 8.85. The van der Waals surface area contributed by atoms with Crippen LogP contribution < -0.4 is 10.6 Å². The van der Waals surface area contributed by atoms with E-state index in [1.807, 2.05) is 32.0 Å². The van der Waals surface area contributed by atoms with Crippen molar-refractivity contribution >= 4 is 23.2 Å². The largest absolute Gasteiger partial charge is 0.324 e. The minimum absolute atomic E-state index is 0.122. The Labute approximate surface area is 161 Å². The molecule has 0 spiro atoms. The summed E-state index contributed by atoms with van der Waals surface area (Å²) in [5.74, 6) is -2.18. The molecule has 1 amide bonds. The molecule has 0 aliphatic carbocycles. The highest BCUT2D eigenvalue weighted by atomic mass is 19.2. The third-order valence-corrected chi connectivity index (χ3v) is 4.24. The van der Waals surface area contributed by atoms with E-state index in [0.717, 1.165) is 35.4 Å². The van der Waals surface area contributed by atoms with Crippen molar-refractivity contribution in [1.29, 1.82) is 0 Å². The molecule has 144 valence electrons. The molecule has 0 fully saturated rings. The molecule has 1 aromatic heterocycles. The number of aromatic nitrogens is 2. The van der Waals surface area contributed by atoms with Crippen LogP contribution in [-0.4, -0.2) is 15.9 Å².